The molecule has 118 valence electrons. The number of aromatic nitrogens is 2. The number of ether oxygens (including phenoxy) is 1. The second-order valence-corrected chi connectivity index (χ2v) is 5.85. The number of hydrogen-bond acceptors (Lipinski definition) is 6. The third-order valence-electron chi connectivity index (χ3n) is 2.90. The zero-order valence-corrected chi connectivity index (χ0v) is 12.5. The number of rotatable bonds is 2. The van der Waals surface area contributed by atoms with Crippen molar-refractivity contribution in [3.8, 4) is 0 Å². The highest BCUT2D eigenvalue weighted by atomic mass is 16.6. The predicted molar refractivity (Wildman–Crippen MR) is 75.9 cm³/mol. The van der Waals surface area contributed by atoms with Gasteiger partial charge in [-0.2, -0.15) is 0 Å². The molecule has 0 aliphatic heterocycles. The van der Waals surface area contributed by atoms with Crippen molar-refractivity contribution in [2.45, 2.75) is 51.2 Å². The molecular weight excluding hydrogens is 277 g/mol. The Morgan fingerprint density at radius 3 is 2.33 bits per heavy atom. The Bertz CT molecular complexity index is 437. The zero-order valence-electron chi connectivity index (χ0n) is 12.5. The lowest BCUT2D eigenvalue weighted by atomic mass is 9.76. The fourth-order valence-electron chi connectivity index (χ4n) is 1.98. The van der Waals surface area contributed by atoms with Crippen LogP contribution in [-0.4, -0.2) is 44.1 Å². The maximum Gasteiger partial charge on any atom is 0.631 e. The van der Waals surface area contributed by atoms with Crippen LogP contribution in [0.1, 0.15) is 45.9 Å². The fraction of sp³-hybridized carbons (Fsp3) is 0.667. The van der Waals surface area contributed by atoms with Crippen molar-refractivity contribution in [1.29, 1.82) is 0 Å². The van der Waals surface area contributed by atoms with Gasteiger partial charge in [-0.05, 0) is 40.0 Å². The molecule has 0 aromatic carbocycles. The first-order valence-corrected chi connectivity index (χ1v) is 6.70. The molecule has 1 amide bonds. The predicted octanol–water partition coefficient (Wildman–Crippen LogP) is 0.262. The Morgan fingerprint density at radius 2 is 2.00 bits per heavy atom. The summed E-state index contributed by atoms with van der Waals surface area (Å²) >= 11 is 0. The van der Waals surface area contributed by atoms with E-state index >= 15 is 0 Å². The van der Waals surface area contributed by atoms with E-state index in [2.05, 4.69) is 15.3 Å². The second-order valence-electron chi connectivity index (χ2n) is 5.85. The molecule has 1 fully saturated rings. The molecule has 0 bridgehead atoms. The van der Waals surface area contributed by atoms with Crippen molar-refractivity contribution < 1.29 is 24.6 Å². The minimum Gasteiger partial charge on any atom is -0.444 e. The van der Waals surface area contributed by atoms with Crippen LogP contribution in [0.2, 0.25) is 0 Å². The SMILES string of the molecule is CC(C)(C)OC(=O)NC1(c2ncc[nH]2)CCC1.OB(O)O. The highest BCUT2D eigenvalue weighted by Crippen LogP contribution is 2.39. The molecular formula is C12H22BN3O5. The van der Waals surface area contributed by atoms with Crippen molar-refractivity contribution >= 4 is 13.4 Å². The summed E-state index contributed by atoms with van der Waals surface area (Å²) in [6.07, 6.45) is 5.99. The van der Waals surface area contributed by atoms with E-state index in [1.54, 1.807) is 12.4 Å². The van der Waals surface area contributed by atoms with Crippen molar-refractivity contribution in [2.75, 3.05) is 0 Å². The van der Waals surface area contributed by atoms with E-state index in [-0.39, 0.29) is 11.6 Å². The molecule has 1 heterocycles. The molecule has 2 rings (SSSR count). The Labute approximate surface area is 123 Å². The van der Waals surface area contributed by atoms with Crippen LogP contribution < -0.4 is 5.32 Å². The lowest BCUT2D eigenvalue weighted by molar-refractivity contribution is 0.0366. The van der Waals surface area contributed by atoms with E-state index in [0.717, 1.165) is 25.1 Å². The lowest BCUT2D eigenvalue weighted by Crippen LogP contribution is -2.52. The van der Waals surface area contributed by atoms with Crippen LogP contribution in [0.4, 0.5) is 4.79 Å². The smallest absolute Gasteiger partial charge is 0.444 e. The van der Waals surface area contributed by atoms with Gasteiger partial charge in [-0.3, -0.25) is 0 Å². The number of hydrogen-bond donors (Lipinski definition) is 5. The average Bonchev–Trinajstić information content (AvgIpc) is 2.73. The van der Waals surface area contributed by atoms with Crippen LogP contribution in [0.15, 0.2) is 12.4 Å². The number of aromatic amines is 1. The molecule has 1 aliphatic carbocycles. The maximum atomic E-state index is 11.8. The molecule has 0 spiro atoms. The summed E-state index contributed by atoms with van der Waals surface area (Å²) < 4.78 is 5.28. The third-order valence-corrected chi connectivity index (χ3v) is 2.90. The summed E-state index contributed by atoms with van der Waals surface area (Å²) in [5.74, 6) is 0.814. The molecule has 9 heteroatoms. The minimum absolute atomic E-state index is 0.355. The van der Waals surface area contributed by atoms with Gasteiger partial charge in [0.1, 0.15) is 17.0 Å². The van der Waals surface area contributed by atoms with E-state index in [9.17, 15) is 4.79 Å². The van der Waals surface area contributed by atoms with E-state index in [4.69, 9.17) is 19.8 Å². The van der Waals surface area contributed by atoms with Crippen LogP contribution in [0.5, 0.6) is 0 Å². The first kappa shape index (κ1) is 17.5. The molecule has 21 heavy (non-hydrogen) atoms. The first-order chi connectivity index (χ1) is 9.65. The normalized spacial score (nSPS) is 16.1. The number of nitrogens with zero attached hydrogens (tertiary/aromatic N) is 1. The van der Waals surface area contributed by atoms with Crippen LogP contribution in [0.25, 0.3) is 0 Å². The average molecular weight is 299 g/mol. The molecule has 0 atom stereocenters. The monoisotopic (exact) mass is 299 g/mol. The van der Waals surface area contributed by atoms with Crippen molar-refractivity contribution in [2.24, 2.45) is 0 Å². The number of nitrogens with one attached hydrogen (secondary N) is 2. The maximum absolute atomic E-state index is 11.8. The summed E-state index contributed by atoms with van der Waals surface area (Å²) in [5, 5.41) is 24.4. The number of carbonyl (C=O) groups is 1. The van der Waals surface area contributed by atoms with Crippen LogP contribution in [0.3, 0.4) is 0 Å². The number of imidazole rings is 1. The number of amides is 1. The van der Waals surface area contributed by atoms with E-state index < -0.39 is 12.9 Å². The van der Waals surface area contributed by atoms with E-state index in [0.29, 0.717) is 0 Å². The molecule has 1 aromatic heterocycles. The summed E-state index contributed by atoms with van der Waals surface area (Å²) in [4.78, 5) is 19.1. The van der Waals surface area contributed by atoms with Gasteiger partial charge in [0.05, 0.1) is 0 Å². The standard InChI is InChI=1S/C12H19N3O2.BH3O3/c1-11(2,3)17-10(16)15-12(5-4-6-12)9-13-7-8-14-9;2-1(3)4/h7-8H,4-6H2,1-3H3,(H,13,14)(H,15,16);2-4H. The first-order valence-electron chi connectivity index (χ1n) is 6.70. The topological polar surface area (TPSA) is 128 Å². The van der Waals surface area contributed by atoms with Crippen molar-refractivity contribution in [3.63, 3.8) is 0 Å². The molecule has 0 radical (unpaired) electrons. The van der Waals surface area contributed by atoms with Crippen molar-refractivity contribution in [3.05, 3.63) is 18.2 Å². The molecule has 1 aliphatic rings. The largest absolute Gasteiger partial charge is 0.631 e. The number of H-pyrrole nitrogens is 1. The highest BCUT2D eigenvalue weighted by Gasteiger charge is 2.43. The van der Waals surface area contributed by atoms with Crippen LogP contribution in [0, 0.1) is 0 Å². The van der Waals surface area contributed by atoms with E-state index in [1.165, 1.54) is 0 Å². The Balaban J connectivity index is 0.000000491. The van der Waals surface area contributed by atoms with Crippen LogP contribution >= 0.6 is 0 Å². The van der Waals surface area contributed by atoms with E-state index in [1.807, 2.05) is 20.8 Å². The fourth-order valence-corrected chi connectivity index (χ4v) is 1.98. The van der Waals surface area contributed by atoms with Gasteiger partial charge in [0.25, 0.3) is 0 Å². The Morgan fingerprint density at radius 1 is 1.43 bits per heavy atom. The number of alkyl carbamates (subject to hydrolysis) is 1. The van der Waals surface area contributed by atoms with Gasteiger partial charge in [0, 0.05) is 12.4 Å². The van der Waals surface area contributed by atoms with Gasteiger partial charge in [-0.1, -0.05) is 0 Å². The zero-order chi connectivity index (χ0) is 16.1. The third kappa shape index (κ3) is 5.74. The van der Waals surface area contributed by atoms with Gasteiger partial charge >= 0.3 is 13.4 Å². The van der Waals surface area contributed by atoms with Gasteiger partial charge in [-0.25, -0.2) is 9.78 Å². The molecule has 0 saturated heterocycles. The van der Waals surface area contributed by atoms with Gasteiger partial charge in [0.2, 0.25) is 0 Å². The Hall–Kier alpha value is -1.58. The quantitative estimate of drug-likeness (QED) is 0.498. The van der Waals surface area contributed by atoms with Gasteiger partial charge < -0.3 is 30.1 Å². The molecule has 5 N–H and O–H groups in total. The molecule has 0 unspecified atom stereocenters. The number of carbonyl (C=O) groups excluding carboxylic acids is 1. The van der Waals surface area contributed by atoms with Gasteiger partial charge in [-0.15, -0.1) is 0 Å². The molecule has 1 aromatic rings. The summed E-state index contributed by atoms with van der Waals surface area (Å²) in [6.45, 7) is 5.56. The summed E-state index contributed by atoms with van der Waals surface area (Å²) in [6, 6.07) is 0. The van der Waals surface area contributed by atoms with Crippen molar-refractivity contribution in [1.82, 2.24) is 15.3 Å². The second kappa shape index (κ2) is 6.92. The van der Waals surface area contributed by atoms with Gasteiger partial charge in [0.15, 0.2) is 0 Å². The molecule has 1 saturated carbocycles. The lowest BCUT2D eigenvalue weighted by Gasteiger charge is -2.40. The summed E-state index contributed by atoms with van der Waals surface area (Å²) in [5.41, 5.74) is -0.829. The highest BCUT2D eigenvalue weighted by molar-refractivity contribution is 6.30. The van der Waals surface area contributed by atoms with Crippen LogP contribution in [-0.2, 0) is 10.3 Å². The Kier molecular flexibility index (Phi) is 5.76. The molecule has 8 nitrogen and oxygen atoms in total. The summed E-state index contributed by atoms with van der Waals surface area (Å²) in [7, 11) is -2.17. The minimum atomic E-state index is -2.17.